The minimum atomic E-state index is -3.15. The third-order valence-corrected chi connectivity index (χ3v) is 4.27. The Balaban J connectivity index is 3.04. The molecule has 52 valence electrons. The Hall–Kier alpha value is 0.130. The van der Waals surface area contributed by atoms with Crippen LogP contribution in [0.5, 0.6) is 0 Å². The quantitative estimate of drug-likeness (QED) is 0.616. The average molecular weight is 213 g/mol. The molecule has 0 radical (unpaired) electrons. The Bertz CT molecular complexity index is 241. The SMILES string of the molecule is O=S1(=O)CC(O)C=C1Br. The predicted molar refractivity (Wildman–Crippen MR) is 36.8 cm³/mol. The van der Waals surface area contributed by atoms with Gasteiger partial charge in [0.1, 0.15) is 3.81 Å². The van der Waals surface area contributed by atoms with Gasteiger partial charge in [0.15, 0.2) is 9.84 Å². The number of hydrogen-bond donors (Lipinski definition) is 1. The summed E-state index contributed by atoms with van der Waals surface area (Å²) in [5.74, 6) is -0.187. The zero-order valence-corrected chi connectivity index (χ0v) is 6.81. The number of aliphatic hydroxyl groups is 1. The van der Waals surface area contributed by atoms with E-state index in [9.17, 15) is 8.42 Å². The molecular weight excluding hydrogens is 208 g/mol. The van der Waals surface area contributed by atoms with E-state index >= 15 is 0 Å². The Morgan fingerprint density at radius 3 is 2.44 bits per heavy atom. The third kappa shape index (κ3) is 1.33. The molecule has 0 saturated carbocycles. The van der Waals surface area contributed by atoms with Crippen molar-refractivity contribution in [2.45, 2.75) is 6.10 Å². The molecule has 0 bridgehead atoms. The van der Waals surface area contributed by atoms with Crippen molar-refractivity contribution in [2.24, 2.45) is 0 Å². The van der Waals surface area contributed by atoms with E-state index < -0.39 is 15.9 Å². The molecule has 0 fully saturated rings. The third-order valence-electron chi connectivity index (χ3n) is 1.01. The molecule has 1 aliphatic rings. The van der Waals surface area contributed by atoms with Crippen molar-refractivity contribution in [1.82, 2.24) is 0 Å². The van der Waals surface area contributed by atoms with Gasteiger partial charge in [-0.3, -0.25) is 0 Å². The van der Waals surface area contributed by atoms with Crippen LogP contribution < -0.4 is 0 Å². The molecule has 1 atom stereocenters. The molecule has 1 heterocycles. The first-order valence-electron chi connectivity index (χ1n) is 2.30. The van der Waals surface area contributed by atoms with Crippen LogP contribution in [0, 0.1) is 0 Å². The second-order valence-corrected chi connectivity index (χ2v) is 5.20. The fraction of sp³-hybridized carbons (Fsp3) is 0.500. The smallest absolute Gasteiger partial charge is 0.187 e. The fourth-order valence-corrected chi connectivity index (χ4v) is 2.38. The largest absolute Gasteiger partial charge is 0.388 e. The molecule has 0 aliphatic carbocycles. The topological polar surface area (TPSA) is 54.4 Å². The van der Waals surface area contributed by atoms with E-state index in [1.807, 2.05) is 0 Å². The average Bonchev–Trinajstić information content (AvgIpc) is 1.79. The van der Waals surface area contributed by atoms with Crippen LogP contribution in [0.15, 0.2) is 9.89 Å². The van der Waals surface area contributed by atoms with Crippen molar-refractivity contribution < 1.29 is 13.5 Å². The summed E-state index contributed by atoms with van der Waals surface area (Å²) >= 11 is 2.81. The summed E-state index contributed by atoms with van der Waals surface area (Å²) in [4.78, 5) is 0. The molecule has 0 spiro atoms. The van der Waals surface area contributed by atoms with Gasteiger partial charge in [0.25, 0.3) is 0 Å². The number of hydrogen-bond acceptors (Lipinski definition) is 3. The molecule has 0 aromatic carbocycles. The molecular formula is C4H5BrO3S. The van der Waals surface area contributed by atoms with Gasteiger partial charge < -0.3 is 5.11 Å². The lowest BCUT2D eigenvalue weighted by Crippen LogP contribution is -2.09. The molecule has 0 saturated heterocycles. The van der Waals surface area contributed by atoms with Gasteiger partial charge in [-0.25, -0.2) is 8.42 Å². The number of halogens is 1. The molecule has 1 N–H and O–H groups in total. The van der Waals surface area contributed by atoms with Gasteiger partial charge in [0.05, 0.1) is 11.9 Å². The van der Waals surface area contributed by atoms with Crippen molar-refractivity contribution in [2.75, 3.05) is 5.75 Å². The normalized spacial score (nSPS) is 32.2. The summed E-state index contributed by atoms with van der Waals surface area (Å²) in [5, 5.41) is 8.75. The van der Waals surface area contributed by atoms with Gasteiger partial charge in [-0.15, -0.1) is 0 Å². The van der Waals surface area contributed by atoms with Crippen LogP contribution in [0.4, 0.5) is 0 Å². The first-order valence-corrected chi connectivity index (χ1v) is 4.75. The minimum Gasteiger partial charge on any atom is -0.388 e. The van der Waals surface area contributed by atoms with Crippen LogP contribution >= 0.6 is 15.9 Å². The Morgan fingerprint density at radius 1 is 1.78 bits per heavy atom. The van der Waals surface area contributed by atoms with Crippen molar-refractivity contribution in [3.05, 3.63) is 9.89 Å². The van der Waals surface area contributed by atoms with Crippen LogP contribution in [0.3, 0.4) is 0 Å². The van der Waals surface area contributed by atoms with Gasteiger partial charge in [-0.05, 0) is 22.0 Å². The number of aliphatic hydroxyl groups excluding tert-OH is 1. The first kappa shape index (κ1) is 7.24. The number of rotatable bonds is 0. The van der Waals surface area contributed by atoms with Crippen LogP contribution in [0.25, 0.3) is 0 Å². The zero-order valence-electron chi connectivity index (χ0n) is 4.41. The lowest BCUT2D eigenvalue weighted by molar-refractivity contribution is 0.249. The maximum absolute atomic E-state index is 10.7. The summed E-state index contributed by atoms with van der Waals surface area (Å²) in [5.41, 5.74) is 0. The molecule has 1 rings (SSSR count). The highest BCUT2D eigenvalue weighted by Gasteiger charge is 2.26. The van der Waals surface area contributed by atoms with E-state index in [-0.39, 0.29) is 9.57 Å². The predicted octanol–water partition coefficient (Wildman–Crippen LogP) is 0.0120. The standard InChI is InChI=1S/C4H5BrO3S/c5-4-1-3(6)2-9(4,7)8/h1,3,6H,2H2. The molecule has 0 amide bonds. The fourth-order valence-electron chi connectivity index (χ4n) is 0.607. The van der Waals surface area contributed by atoms with E-state index in [0.29, 0.717) is 0 Å². The first-order chi connectivity index (χ1) is 4.02. The number of sulfone groups is 1. The minimum absolute atomic E-state index is 0.0995. The van der Waals surface area contributed by atoms with Crippen molar-refractivity contribution in [3.8, 4) is 0 Å². The van der Waals surface area contributed by atoms with Crippen LogP contribution in [-0.2, 0) is 9.84 Å². The Labute approximate surface area is 61.4 Å². The van der Waals surface area contributed by atoms with Gasteiger partial charge in [0.2, 0.25) is 0 Å². The molecule has 9 heavy (non-hydrogen) atoms. The Morgan fingerprint density at radius 2 is 2.33 bits per heavy atom. The summed E-state index contributed by atoms with van der Waals surface area (Å²) in [6.07, 6.45) is 0.444. The summed E-state index contributed by atoms with van der Waals surface area (Å²) in [6, 6.07) is 0. The molecule has 1 unspecified atom stereocenters. The highest BCUT2D eigenvalue weighted by Crippen LogP contribution is 2.23. The molecule has 3 nitrogen and oxygen atoms in total. The van der Waals surface area contributed by atoms with Crippen molar-refractivity contribution >= 4 is 25.8 Å². The maximum atomic E-state index is 10.7. The molecule has 0 aromatic heterocycles. The molecule has 5 heteroatoms. The second-order valence-electron chi connectivity index (χ2n) is 1.82. The Kier molecular flexibility index (Phi) is 1.67. The summed E-state index contributed by atoms with van der Waals surface area (Å²) in [6.45, 7) is 0. The van der Waals surface area contributed by atoms with Gasteiger partial charge in [0, 0.05) is 0 Å². The van der Waals surface area contributed by atoms with Crippen LogP contribution in [0.1, 0.15) is 0 Å². The zero-order chi connectivity index (χ0) is 7.07. The summed E-state index contributed by atoms with van der Waals surface area (Å²) < 4.78 is 21.5. The van der Waals surface area contributed by atoms with Gasteiger partial charge in [-0.2, -0.15) is 0 Å². The maximum Gasteiger partial charge on any atom is 0.187 e. The molecule has 0 aromatic rings. The van der Waals surface area contributed by atoms with E-state index in [4.69, 9.17) is 5.11 Å². The van der Waals surface area contributed by atoms with Crippen LogP contribution in [-0.4, -0.2) is 25.4 Å². The molecule has 1 aliphatic heterocycles. The van der Waals surface area contributed by atoms with E-state index in [2.05, 4.69) is 15.9 Å². The lowest BCUT2D eigenvalue weighted by Gasteiger charge is -1.91. The van der Waals surface area contributed by atoms with E-state index in [1.54, 1.807) is 0 Å². The van der Waals surface area contributed by atoms with E-state index in [1.165, 1.54) is 6.08 Å². The van der Waals surface area contributed by atoms with Crippen molar-refractivity contribution in [3.63, 3.8) is 0 Å². The second kappa shape index (κ2) is 2.07. The summed E-state index contributed by atoms with van der Waals surface area (Å²) in [7, 11) is -3.15. The van der Waals surface area contributed by atoms with Gasteiger partial charge in [-0.1, -0.05) is 0 Å². The lowest BCUT2D eigenvalue weighted by atomic mass is 10.4. The van der Waals surface area contributed by atoms with E-state index in [0.717, 1.165) is 0 Å². The monoisotopic (exact) mass is 212 g/mol. The van der Waals surface area contributed by atoms with Gasteiger partial charge >= 0.3 is 0 Å². The van der Waals surface area contributed by atoms with Crippen molar-refractivity contribution in [1.29, 1.82) is 0 Å². The highest BCUT2D eigenvalue weighted by molar-refractivity contribution is 9.13. The van der Waals surface area contributed by atoms with Crippen LogP contribution in [0.2, 0.25) is 0 Å². The highest BCUT2D eigenvalue weighted by atomic mass is 79.9.